The van der Waals surface area contributed by atoms with Crippen LogP contribution in [0.3, 0.4) is 0 Å². The standard InChI is InChI=1S/C31H36N8O3S/c1-3-39(4-2)17-18-43(41,42)36-29(19-24-21-32-28-12-8-7-10-26(24)28)31(40)33-20-22-13-15-23(16-14-22)25-9-5-6-11-27(25)30-34-37-38-35-30/h5-16,21,29,32,36H,3-4,17-20H2,1-2H3,(H,33,40)(H,34,35,37,38). The first kappa shape index (κ1) is 30.1. The topological polar surface area (TPSA) is 149 Å². The van der Waals surface area contributed by atoms with Crippen molar-refractivity contribution < 1.29 is 13.2 Å². The van der Waals surface area contributed by atoms with Crippen LogP contribution in [0.5, 0.6) is 0 Å². The van der Waals surface area contributed by atoms with Crippen LogP contribution in [0.15, 0.2) is 79.0 Å². The number of sulfonamides is 1. The molecular formula is C31H36N8O3S. The summed E-state index contributed by atoms with van der Waals surface area (Å²) >= 11 is 0. The number of nitrogens with one attached hydrogen (secondary N) is 4. The smallest absolute Gasteiger partial charge is 0.238 e. The Hall–Kier alpha value is -4.39. The Bertz CT molecular complexity index is 1750. The van der Waals surface area contributed by atoms with Gasteiger partial charge in [0.15, 0.2) is 0 Å². The van der Waals surface area contributed by atoms with Crippen LogP contribution in [-0.4, -0.2) is 76.3 Å². The second-order valence-corrected chi connectivity index (χ2v) is 12.1. The molecule has 0 spiro atoms. The quantitative estimate of drug-likeness (QED) is 0.152. The number of amides is 1. The van der Waals surface area contributed by atoms with Gasteiger partial charge in [-0.3, -0.25) is 4.79 Å². The van der Waals surface area contributed by atoms with Crippen molar-refractivity contribution in [2.45, 2.75) is 32.9 Å². The van der Waals surface area contributed by atoms with E-state index in [1.54, 1.807) is 0 Å². The van der Waals surface area contributed by atoms with E-state index < -0.39 is 16.1 Å². The summed E-state index contributed by atoms with van der Waals surface area (Å²) in [6.45, 7) is 6.15. The number of hydrogen-bond acceptors (Lipinski definition) is 7. The van der Waals surface area contributed by atoms with E-state index in [9.17, 15) is 13.2 Å². The van der Waals surface area contributed by atoms with Gasteiger partial charge in [-0.25, -0.2) is 13.1 Å². The van der Waals surface area contributed by atoms with Crippen molar-refractivity contribution in [3.63, 3.8) is 0 Å². The fourth-order valence-electron chi connectivity index (χ4n) is 5.09. The number of H-pyrrole nitrogens is 2. The average Bonchev–Trinajstić information content (AvgIpc) is 3.71. The van der Waals surface area contributed by atoms with Crippen molar-refractivity contribution in [1.82, 2.24) is 40.5 Å². The van der Waals surface area contributed by atoms with Crippen molar-refractivity contribution in [3.05, 3.63) is 90.1 Å². The van der Waals surface area contributed by atoms with Crippen LogP contribution in [0.2, 0.25) is 0 Å². The van der Waals surface area contributed by atoms with Crippen molar-refractivity contribution in [2.24, 2.45) is 0 Å². The molecule has 0 fully saturated rings. The SMILES string of the molecule is CCN(CC)CCS(=O)(=O)NC(Cc1c[nH]c2ccccc12)C(=O)NCc1ccc(-c2ccccc2-c2nn[nH]n2)cc1. The predicted octanol–water partition coefficient (Wildman–Crippen LogP) is 3.50. The van der Waals surface area contributed by atoms with Crippen LogP contribution >= 0.6 is 0 Å². The minimum absolute atomic E-state index is 0.0842. The third-order valence-electron chi connectivity index (χ3n) is 7.55. The lowest BCUT2D eigenvalue weighted by Gasteiger charge is -2.21. The number of tetrazole rings is 1. The molecule has 2 aromatic heterocycles. The molecule has 0 aliphatic carbocycles. The second kappa shape index (κ2) is 13.7. The van der Waals surface area contributed by atoms with Gasteiger partial charge in [-0.15, -0.1) is 10.2 Å². The number of carbonyl (C=O) groups is 1. The first-order chi connectivity index (χ1) is 20.9. The number of aromatic amines is 2. The average molecular weight is 601 g/mol. The molecule has 3 aromatic carbocycles. The maximum atomic E-state index is 13.5. The van der Waals surface area contributed by atoms with Crippen LogP contribution in [0.1, 0.15) is 25.0 Å². The fraction of sp³-hybridized carbons (Fsp3) is 0.290. The van der Waals surface area contributed by atoms with Gasteiger partial charge < -0.3 is 15.2 Å². The van der Waals surface area contributed by atoms with E-state index in [1.807, 2.05) is 97.7 Å². The zero-order valence-corrected chi connectivity index (χ0v) is 25.1. The zero-order valence-electron chi connectivity index (χ0n) is 24.2. The summed E-state index contributed by atoms with van der Waals surface area (Å²) in [6, 6.07) is 22.4. The van der Waals surface area contributed by atoms with E-state index in [2.05, 4.69) is 35.6 Å². The maximum absolute atomic E-state index is 13.5. The van der Waals surface area contributed by atoms with E-state index >= 15 is 0 Å². The lowest BCUT2D eigenvalue weighted by molar-refractivity contribution is -0.122. The molecule has 0 aliphatic rings. The minimum atomic E-state index is -3.72. The van der Waals surface area contributed by atoms with E-state index in [-0.39, 0.29) is 24.6 Å². The summed E-state index contributed by atoms with van der Waals surface area (Å²) in [6.07, 6.45) is 2.05. The highest BCUT2D eigenvalue weighted by atomic mass is 32.2. The Morgan fingerprint density at radius 2 is 1.67 bits per heavy atom. The molecule has 0 aliphatic heterocycles. The molecule has 4 N–H and O–H groups in total. The third kappa shape index (κ3) is 7.53. The van der Waals surface area contributed by atoms with Crippen LogP contribution in [0.4, 0.5) is 0 Å². The molecule has 1 atom stereocenters. The Morgan fingerprint density at radius 1 is 0.953 bits per heavy atom. The van der Waals surface area contributed by atoms with Crippen LogP contribution < -0.4 is 10.0 Å². The molecule has 12 heteroatoms. The summed E-state index contributed by atoms with van der Waals surface area (Å²) < 4.78 is 28.9. The first-order valence-electron chi connectivity index (χ1n) is 14.3. The number of benzene rings is 3. The van der Waals surface area contributed by atoms with Gasteiger partial charge in [0.25, 0.3) is 0 Å². The number of aromatic nitrogens is 5. The molecule has 1 amide bonds. The van der Waals surface area contributed by atoms with Crippen LogP contribution in [0, 0.1) is 0 Å². The van der Waals surface area contributed by atoms with Gasteiger partial charge in [0, 0.05) is 35.8 Å². The largest absolute Gasteiger partial charge is 0.361 e. The third-order valence-corrected chi connectivity index (χ3v) is 8.92. The highest BCUT2D eigenvalue weighted by Gasteiger charge is 2.26. The summed E-state index contributed by atoms with van der Waals surface area (Å²) in [4.78, 5) is 18.7. The zero-order chi connectivity index (χ0) is 30.2. The van der Waals surface area contributed by atoms with Crippen LogP contribution in [0.25, 0.3) is 33.4 Å². The van der Waals surface area contributed by atoms with E-state index in [0.29, 0.717) is 12.4 Å². The molecule has 43 heavy (non-hydrogen) atoms. The van der Waals surface area contributed by atoms with Crippen LogP contribution in [-0.2, 0) is 27.8 Å². The molecule has 224 valence electrons. The lowest BCUT2D eigenvalue weighted by Crippen LogP contribution is -2.49. The number of nitrogens with zero attached hydrogens (tertiary/aromatic N) is 4. The number of fused-ring (bicyclic) bond motifs is 1. The number of hydrogen-bond donors (Lipinski definition) is 4. The first-order valence-corrected chi connectivity index (χ1v) is 16.0. The van der Waals surface area contributed by atoms with Gasteiger partial charge in [-0.05, 0) is 53.0 Å². The maximum Gasteiger partial charge on any atom is 0.238 e. The van der Waals surface area contributed by atoms with Crippen molar-refractivity contribution >= 4 is 26.8 Å². The predicted molar refractivity (Wildman–Crippen MR) is 167 cm³/mol. The lowest BCUT2D eigenvalue weighted by atomic mass is 9.98. The van der Waals surface area contributed by atoms with E-state index in [4.69, 9.17) is 0 Å². The Balaban J connectivity index is 1.30. The number of carbonyl (C=O) groups excluding carboxylic acids is 1. The van der Waals surface area contributed by atoms with Gasteiger partial charge in [-0.1, -0.05) is 80.6 Å². The molecule has 5 aromatic rings. The molecule has 11 nitrogen and oxygen atoms in total. The summed E-state index contributed by atoms with van der Waals surface area (Å²) in [7, 11) is -3.72. The molecule has 0 saturated carbocycles. The Kier molecular flexibility index (Phi) is 9.60. The van der Waals surface area contributed by atoms with Gasteiger partial charge in [0.2, 0.25) is 21.8 Å². The fourth-order valence-corrected chi connectivity index (χ4v) is 6.33. The molecule has 1 unspecified atom stereocenters. The van der Waals surface area contributed by atoms with Crippen molar-refractivity contribution in [3.8, 4) is 22.5 Å². The molecule has 0 radical (unpaired) electrons. The number of rotatable bonds is 14. The van der Waals surface area contributed by atoms with Crippen molar-refractivity contribution in [2.75, 3.05) is 25.4 Å². The van der Waals surface area contributed by atoms with Gasteiger partial charge >= 0.3 is 0 Å². The number of para-hydroxylation sites is 1. The van der Waals surface area contributed by atoms with Gasteiger partial charge in [0.1, 0.15) is 6.04 Å². The summed E-state index contributed by atoms with van der Waals surface area (Å²) in [5, 5.41) is 18.3. The molecule has 0 bridgehead atoms. The minimum Gasteiger partial charge on any atom is -0.361 e. The monoisotopic (exact) mass is 600 g/mol. The van der Waals surface area contributed by atoms with E-state index in [1.165, 1.54) is 0 Å². The van der Waals surface area contributed by atoms with Gasteiger partial charge in [-0.2, -0.15) is 5.21 Å². The summed E-state index contributed by atoms with van der Waals surface area (Å²) in [5.74, 6) is 0.0371. The molecule has 2 heterocycles. The highest BCUT2D eigenvalue weighted by molar-refractivity contribution is 7.89. The molecular weight excluding hydrogens is 564 g/mol. The van der Waals surface area contributed by atoms with Gasteiger partial charge in [0.05, 0.1) is 5.75 Å². The Labute approximate surface area is 251 Å². The van der Waals surface area contributed by atoms with Crippen molar-refractivity contribution in [1.29, 1.82) is 0 Å². The normalized spacial score (nSPS) is 12.5. The Morgan fingerprint density at radius 3 is 2.40 bits per heavy atom. The summed E-state index contributed by atoms with van der Waals surface area (Å²) in [5.41, 5.74) is 5.45. The molecule has 5 rings (SSSR count). The molecule has 0 saturated heterocycles. The highest BCUT2D eigenvalue weighted by Crippen LogP contribution is 2.29. The second-order valence-electron chi connectivity index (χ2n) is 10.3. The van der Waals surface area contributed by atoms with E-state index in [0.717, 1.165) is 51.8 Å².